The number of amides is 1. The third kappa shape index (κ3) is 4.27. The van der Waals surface area contributed by atoms with Gasteiger partial charge in [-0.15, -0.1) is 0 Å². The summed E-state index contributed by atoms with van der Waals surface area (Å²) in [7, 11) is -1.68. The Hall–Kier alpha value is -2.06. The number of sulfonamides is 1. The van der Waals surface area contributed by atoms with Crippen molar-refractivity contribution in [3.8, 4) is 5.75 Å². The highest BCUT2D eigenvalue weighted by Crippen LogP contribution is 2.28. The van der Waals surface area contributed by atoms with Crippen LogP contribution in [0.25, 0.3) is 0 Å². The van der Waals surface area contributed by atoms with Gasteiger partial charge in [0.2, 0.25) is 10.0 Å². The minimum atomic E-state index is -3.28. The average Bonchev–Trinajstić information content (AvgIpc) is 3.00. The molecule has 3 rings (SSSR count). The molecule has 144 valence electrons. The Labute approximate surface area is 167 Å². The highest BCUT2D eigenvalue weighted by atomic mass is 79.9. The molecule has 1 saturated heterocycles. The van der Waals surface area contributed by atoms with Gasteiger partial charge in [0.15, 0.2) is 0 Å². The number of hydrogen-bond donors (Lipinski definition) is 1. The van der Waals surface area contributed by atoms with Crippen LogP contribution in [0.1, 0.15) is 35.3 Å². The molecule has 1 N–H and O–H groups in total. The second-order valence-corrected chi connectivity index (χ2v) is 9.25. The van der Waals surface area contributed by atoms with Gasteiger partial charge in [0.05, 0.1) is 29.1 Å². The van der Waals surface area contributed by atoms with Gasteiger partial charge >= 0.3 is 0 Å². The summed E-state index contributed by atoms with van der Waals surface area (Å²) in [6, 6.07) is 12.1. The van der Waals surface area contributed by atoms with Gasteiger partial charge in [0.1, 0.15) is 5.75 Å². The molecule has 0 saturated carbocycles. The first-order valence-corrected chi connectivity index (χ1v) is 11.0. The second-order valence-electron chi connectivity index (χ2n) is 6.38. The number of halogens is 1. The monoisotopic (exact) mass is 452 g/mol. The molecule has 0 aromatic heterocycles. The predicted molar refractivity (Wildman–Crippen MR) is 109 cm³/mol. The van der Waals surface area contributed by atoms with E-state index in [1.165, 1.54) is 4.31 Å². The van der Waals surface area contributed by atoms with Crippen LogP contribution in [0.5, 0.6) is 5.75 Å². The van der Waals surface area contributed by atoms with Crippen molar-refractivity contribution in [2.45, 2.75) is 19.4 Å². The summed E-state index contributed by atoms with van der Waals surface area (Å²) in [5.41, 5.74) is 1.88. The van der Waals surface area contributed by atoms with E-state index in [2.05, 4.69) is 21.2 Å². The van der Waals surface area contributed by atoms with E-state index in [1.807, 2.05) is 25.1 Å². The molecule has 27 heavy (non-hydrogen) atoms. The normalized spacial score (nSPS) is 16.8. The van der Waals surface area contributed by atoms with Gasteiger partial charge in [0, 0.05) is 12.1 Å². The van der Waals surface area contributed by atoms with E-state index in [0.29, 0.717) is 24.2 Å². The van der Waals surface area contributed by atoms with Gasteiger partial charge in [-0.3, -0.25) is 9.10 Å². The molecule has 1 aliphatic rings. The molecule has 1 fully saturated rings. The first-order valence-electron chi connectivity index (χ1n) is 8.56. The number of methoxy groups -OCH3 is 1. The smallest absolute Gasteiger partial charge is 0.251 e. The third-order valence-electron chi connectivity index (χ3n) is 4.52. The minimum Gasteiger partial charge on any atom is -0.496 e. The molecule has 2 aromatic rings. The summed E-state index contributed by atoms with van der Waals surface area (Å²) >= 11 is 3.44. The molecule has 0 radical (unpaired) electrons. The van der Waals surface area contributed by atoms with Crippen LogP contribution in [0.15, 0.2) is 46.9 Å². The van der Waals surface area contributed by atoms with Crippen molar-refractivity contribution in [1.82, 2.24) is 5.32 Å². The van der Waals surface area contributed by atoms with Crippen molar-refractivity contribution in [2.24, 2.45) is 0 Å². The summed E-state index contributed by atoms with van der Waals surface area (Å²) < 4.78 is 31.6. The van der Waals surface area contributed by atoms with E-state index >= 15 is 0 Å². The minimum absolute atomic E-state index is 0.146. The average molecular weight is 453 g/mol. The summed E-state index contributed by atoms with van der Waals surface area (Å²) in [4.78, 5) is 12.6. The van der Waals surface area contributed by atoms with E-state index in [0.717, 1.165) is 15.8 Å². The highest BCUT2D eigenvalue weighted by molar-refractivity contribution is 9.10. The lowest BCUT2D eigenvalue weighted by molar-refractivity contribution is 0.0940. The van der Waals surface area contributed by atoms with Crippen molar-refractivity contribution in [2.75, 3.05) is 23.7 Å². The topological polar surface area (TPSA) is 75.7 Å². The van der Waals surface area contributed by atoms with Crippen molar-refractivity contribution >= 4 is 37.5 Å². The van der Waals surface area contributed by atoms with Crippen LogP contribution in [0.2, 0.25) is 0 Å². The number of nitrogens with zero attached hydrogens (tertiary/aromatic N) is 1. The zero-order chi connectivity index (χ0) is 19.6. The fourth-order valence-electron chi connectivity index (χ4n) is 3.05. The molecular formula is C19H21BrN2O4S. The number of nitrogens with one attached hydrogen (secondary N) is 1. The second kappa shape index (κ2) is 7.90. The molecule has 0 spiro atoms. The molecule has 1 amide bonds. The maximum Gasteiger partial charge on any atom is 0.251 e. The largest absolute Gasteiger partial charge is 0.496 e. The van der Waals surface area contributed by atoms with E-state index < -0.39 is 10.0 Å². The Morgan fingerprint density at radius 1 is 1.26 bits per heavy atom. The van der Waals surface area contributed by atoms with Crippen LogP contribution in [0.3, 0.4) is 0 Å². The van der Waals surface area contributed by atoms with Crippen LogP contribution in [0.4, 0.5) is 5.69 Å². The fourth-order valence-corrected chi connectivity index (χ4v) is 5.16. The molecule has 1 atom stereocenters. The van der Waals surface area contributed by atoms with Gasteiger partial charge in [-0.05, 0) is 65.2 Å². The number of carbonyl (C=O) groups is 1. The molecular weight excluding hydrogens is 432 g/mol. The maximum atomic E-state index is 12.6. The summed E-state index contributed by atoms with van der Waals surface area (Å²) in [5.74, 6) is 0.608. The SMILES string of the molecule is COc1ccc(C(C)NC(=O)c2cccc(N3CCCS3(=O)=O)c2)cc1Br. The van der Waals surface area contributed by atoms with E-state index in [4.69, 9.17) is 4.74 Å². The molecule has 0 bridgehead atoms. The van der Waals surface area contributed by atoms with Crippen molar-refractivity contribution in [1.29, 1.82) is 0 Å². The molecule has 0 aliphatic carbocycles. The zero-order valence-electron chi connectivity index (χ0n) is 15.1. The van der Waals surface area contributed by atoms with Crippen LogP contribution in [-0.2, 0) is 10.0 Å². The molecule has 2 aromatic carbocycles. The first kappa shape index (κ1) is 19.7. The summed E-state index contributed by atoms with van der Waals surface area (Å²) in [5, 5.41) is 2.95. The summed E-state index contributed by atoms with van der Waals surface area (Å²) in [6.45, 7) is 2.34. The summed E-state index contributed by atoms with van der Waals surface area (Å²) in [6.07, 6.45) is 0.599. The Balaban J connectivity index is 1.76. The number of rotatable bonds is 5. The molecule has 1 aliphatic heterocycles. The number of hydrogen-bond acceptors (Lipinski definition) is 4. The number of ether oxygens (including phenoxy) is 1. The Morgan fingerprint density at radius 3 is 2.67 bits per heavy atom. The Morgan fingerprint density at radius 2 is 2.04 bits per heavy atom. The Kier molecular flexibility index (Phi) is 5.76. The molecule has 1 heterocycles. The molecule has 8 heteroatoms. The lowest BCUT2D eigenvalue weighted by atomic mass is 10.1. The lowest BCUT2D eigenvalue weighted by Gasteiger charge is -2.19. The van der Waals surface area contributed by atoms with Crippen molar-refractivity contribution in [3.05, 3.63) is 58.1 Å². The van der Waals surface area contributed by atoms with Gasteiger partial charge in [0.25, 0.3) is 5.91 Å². The van der Waals surface area contributed by atoms with E-state index in [-0.39, 0.29) is 17.7 Å². The van der Waals surface area contributed by atoms with E-state index in [9.17, 15) is 13.2 Å². The van der Waals surface area contributed by atoms with Gasteiger partial charge in [-0.2, -0.15) is 0 Å². The van der Waals surface area contributed by atoms with Crippen molar-refractivity contribution < 1.29 is 17.9 Å². The lowest BCUT2D eigenvalue weighted by Crippen LogP contribution is -2.28. The standard InChI is InChI=1S/C19H21BrN2O4S/c1-13(14-7-8-18(26-2)17(20)12-14)21-19(23)15-5-3-6-16(11-15)22-9-4-10-27(22,24)25/h3,5-8,11-13H,4,9-10H2,1-2H3,(H,21,23). The highest BCUT2D eigenvalue weighted by Gasteiger charge is 2.28. The van der Waals surface area contributed by atoms with Gasteiger partial charge in [-0.1, -0.05) is 12.1 Å². The van der Waals surface area contributed by atoms with Crippen molar-refractivity contribution in [3.63, 3.8) is 0 Å². The van der Waals surface area contributed by atoms with Crippen LogP contribution in [0, 0.1) is 0 Å². The first-order chi connectivity index (χ1) is 12.8. The van der Waals surface area contributed by atoms with Gasteiger partial charge in [-0.25, -0.2) is 8.42 Å². The maximum absolute atomic E-state index is 12.6. The quantitative estimate of drug-likeness (QED) is 0.752. The predicted octanol–water partition coefficient (Wildman–Crippen LogP) is 3.49. The Bertz CT molecular complexity index is 962. The molecule has 6 nitrogen and oxygen atoms in total. The van der Waals surface area contributed by atoms with E-state index in [1.54, 1.807) is 31.4 Å². The number of benzene rings is 2. The van der Waals surface area contributed by atoms with Crippen LogP contribution < -0.4 is 14.4 Å². The number of carbonyl (C=O) groups excluding carboxylic acids is 1. The zero-order valence-corrected chi connectivity index (χ0v) is 17.5. The van der Waals surface area contributed by atoms with Crippen LogP contribution in [-0.4, -0.2) is 33.7 Å². The van der Waals surface area contributed by atoms with Gasteiger partial charge < -0.3 is 10.1 Å². The fraction of sp³-hybridized carbons (Fsp3) is 0.316. The van der Waals surface area contributed by atoms with Crippen LogP contribution >= 0.6 is 15.9 Å². The number of anilines is 1. The molecule has 1 unspecified atom stereocenters. The third-order valence-corrected chi connectivity index (χ3v) is 7.01.